The molecule has 0 bridgehead atoms. The molecule has 1 N–H and O–H groups in total. The second-order valence-corrected chi connectivity index (χ2v) is 4.12. The van der Waals surface area contributed by atoms with Crippen LogP contribution in [0.4, 0.5) is 0 Å². The number of pyridine rings is 1. The number of nitrogens with zero attached hydrogens (tertiary/aromatic N) is 1. The fourth-order valence-electron chi connectivity index (χ4n) is 1.78. The first kappa shape index (κ1) is 12.0. The quantitative estimate of drug-likeness (QED) is 0.819. The molecule has 0 spiro atoms. The Morgan fingerprint density at radius 3 is 2.33 bits per heavy atom. The fourth-order valence-corrected chi connectivity index (χ4v) is 1.78. The molecule has 0 aromatic carbocycles. The molecule has 1 heterocycles. The third-order valence-corrected chi connectivity index (χ3v) is 2.56. The molecule has 0 fully saturated rings. The molecule has 1 unspecified atom stereocenters. The molecular weight excluding hydrogens is 190 g/mol. The highest BCUT2D eigenvalue weighted by atomic mass is 16.3. The van der Waals surface area contributed by atoms with Crippen LogP contribution in [0.2, 0.25) is 0 Å². The fraction of sp³-hybridized carbons (Fsp3) is 0.583. The normalized spacial score (nSPS) is 12.8. The predicted octanol–water partition coefficient (Wildman–Crippen LogP) is 1.63. The first-order chi connectivity index (χ1) is 7.00. The van der Waals surface area contributed by atoms with E-state index in [9.17, 15) is 4.79 Å². The summed E-state index contributed by atoms with van der Waals surface area (Å²) in [5.74, 6) is 0. The number of hydrogen-bond acceptors (Lipinski definition) is 2. The van der Waals surface area contributed by atoms with Crippen molar-refractivity contribution in [1.82, 2.24) is 4.57 Å². The van der Waals surface area contributed by atoms with E-state index >= 15 is 0 Å². The van der Waals surface area contributed by atoms with Crippen LogP contribution < -0.4 is 5.43 Å². The summed E-state index contributed by atoms with van der Waals surface area (Å²) in [7, 11) is 0. The maximum absolute atomic E-state index is 11.2. The van der Waals surface area contributed by atoms with E-state index in [4.69, 9.17) is 5.11 Å². The number of hydrogen-bond donors (Lipinski definition) is 1. The minimum absolute atomic E-state index is 0.0665. The topological polar surface area (TPSA) is 42.2 Å². The highest BCUT2D eigenvalue weighted by Gasteiger charge is 2.02. The minimum atomic E-state index is -0.245. The van der Waals surface area contributed by atoms with Gasteiger partial charge in [0.2, 0.25) is 0 Å². The first-order valence-corrected chi connectivity index (χ1v) is 5.37. The largest absolute Gasteiger partial charge is 0.393 e. The highest BCUT2D eigenvalue weighted by Crippen LogP contribution is 2.05. The van der Waals surface area contributed by atoms with Crippen LogP contribution in [0.15, 0.2) is 16.9 Å². The summed E-state index contributed by atoms with van der Waals surface area (Å²) in [4.78, 5) is 11.2. The molecular formula is C12H19NO2. The van der Waals surface area contributed by atoms with E-state index in [0.29, 0.717) is 0 Å². The van der Waals surface area contributed by atoms with Crippen LogP contribution in [0.25, 0.3) is 0 Å². The Hall–Kier alpha value is -1.09. The second kappa shape index (κ2) is 5.12. The lowest BCUT2D eigenvalue weighted by molar-refractivity contribution is 0.179. The van der Waals surface area contributed by atoms with Gasteiger partial charge in [0.15, 0.2) is 5.43 Å². The molecule has 3 nitrogen and oxygen atoms in total. The van der Waals surface area contributed by atoms with Gasteiger partial charge >= 0.3 is 0 Å². The molecule has 0 saturated heterocycles. The monoisotopic (exact) mass is 209 g/mol. The summed E-state index contributed by atoms with van der Waals surface area (Å²) in [5.41, 5.74) is 2.05. The van der Waals surface area contributed by atoms with Crippen LogP contribution in [0.1, 0.15) is 31.2 Å². The van der Waals surface area contributed by atoms with Crippen molar-refractivity contribution >= 4 is 0 Å². The molecule has 0 aliphatic rings. The van der Waals surface area contributed by atoms with Gasteiger partial charge in [-0.1, -0.05) is 0 Å². The van der Waals surface area contributed by atoms with Crippen molar-refractivity contribution in [2.75, 3.05) is 0 Å². The van der Waals surface area contributed by atoms with Gasteiger partial charge in [-0.05, 0) is 33.6 Å². The van der Waals surface area contributed by atoms with Crippen molar-refractivity contribution in [1.29, 1.82) is 0 Å². The Balaban J connectivity index is 2.73. The van der Waals surface area contributed by atoms with E-state index in [2.05, 4.69) is 4.57 Å². The molecule has 0 radical (unpaired) electrons. The number of aliphatic hydroxyl groups is 1. The number of aliphatic hydroxyl groups excluding tert-OH is 1. The SMILES string of the molecule is Cc1cc(=O)cc(C)n1CCCC(C)O. The standard InChI is InChI=1S/C12H19NO2/c1-9-7-12(15)8-10(2)13(9)6-4-5-11(3)14/h7-8,11,14H,4-6H2,1-3H3. The third kappa shape index (κ3) is 3.51. The van der Waals surface area contributed by atoms with Gasteiger partial charge in [-0.15, -0.1) is 0 Å². The molecule has 0 saturated carbocycles. The predicted molar refractivity (Wildman–Crippen MR) is 61.1 cm³/mol. The lowest BCUT2D eigenvalue weighted by atomic mass is 10.2. The zero-order valence-corrected chi connectivity index (χ0v) is 9.66. The summed E-state index contributed by atoms with van der Waals surface area (Å²) < 4.78 is 2.11. The van der Waals surface area contributed by atoms with E-state index in [1.807, 2.05) is 13.8 Å². The average Bonchev–Trinajstić information content (AvgIpc) is 2.08. The maximum atomic E-state index is 11.2. The van der Waals surface area contributed by atoms with E-state index in [1.54, 1.807) is 19.1 Å². The van der Waals surface area contributed by atoms with Gasteiger partial charge in [-0.25, -0.2) is 0 Å². The highest BCUT2D eigenvalue weighted by molar-refractivity contribution is 5.12. The van der Waals surface area contributed by atoms with Crippen molar-refractivity contribution in [2.24, 2.45) is 0 Å². The molecule has 1 rings (SSSR count). The van der Waals surface area contributed by atoms with Crippen LogP contribution in [-0.4, -0.2) is 15.8 Å². The summed E-state index contributed by atoms with van der Waals surface area (Å²) >= 11 is 0. The minimum Gasteiger partial charge on any atom is -0.393 e. The molecule has 1 atom stereocenters. The second-order valence-electron chi connectivity index (χ2n) is 4.12. The van der Waals surface area contributed by atoms with Crippen LogP contribution in [0.3, 0.4) is 0 Å². The smallest absolute Gasteiger partial charge is 0.182 e. The van der Waals surface area contributed by atoms with Crippen LogP contribution in [-0.2, 0) is 6.54 Å². The Kier molecular flexibility index (Phi) is 4.09. The Morgan fingerprint density at radius 2 is 1.87 bits per heavy atom. The number of aromatic nitrogens is 1. The van der Waals surface area contributed by atoms with E-state index < -0.39 is 0 Å². The van der Waals surface area contributed by atoms with Crippen molar-refractivity contribution in [3.05, 3.63) is 33.7 Å². The van der Waals surface area contributed by atoms with Crippen LogP contribution >= 0.6 is 0 Å². The zero-order valence-electron chi connectivity index (χ0n) is 9.66. The maximum Gasteiger partial charge on any atom is 0.182 e. The Bertz CT molecular complexity index is 353. The van der Waals surface area contributed by atoms with Crippen molar-refractivity contribution in [2.45, 2.75) is 46.3 Å². The first-order valence-electron chi connectivity index (χ1n) is 5.37. The molecule has 1 aromatic heterocycles. The van der Waals surface area contributed by atoms with Gasteiger partial charge in [0.25, 0.3) is 0 Å². The zero-order chi connectivity index (χ0) is 11.4. The Morgan fingerprint density at radius 1 is 1.33 bits per heavy atom. The van der Waals surface area contributed by atoms with Crippen molar-refractivity contribution in [3.63, 3.8) is 0 Å². The van der Waals surface area contributed by atoms with Gasteiger partial charge in [-0.2, -0.15) is 0 Å². The number of rotatable bonds is 4. The molecule has 1 aromatic rings. The van der Waals surface area contributed by atoms with E-state index in [1.165, 1.54) is 0 Å². The summed E-state index contributed by atoms with van der Waals surface area (Å²) in [6.45, 7) is 6.54. The number of aryl methyl sites for hydroxylation is 2. The lowest BCUT2D eigenvalue weighted by Crippen LogP contribution is -2.14. The van der Waals surface area contributed by atoms with E-state index in [0.717, 1.165) is 30.8 Å². The lowest BCUT2D eigenvalue weighted by Gasteiger charge is -2.14. The van der Waals surface area contributed by atoms with Gasteiger partial charge < -0.3 is 9.67 Å². The van der Waals surface area contributed by atoms with Gasteiger partial charge in [0.05, 0.1) is 6.10 Å². The van der Waals surface area contributed by atoms with Gasteiger partial charge in [0.1, 0.15) is 0 Å². The summed E-state index contributed by atoms with van der Waals surface area (Å²) in [6, 6.07) is 3.30. The third-order valence-electron chi connectivity index (χ3n) is 2.56. The molecule has 0 aliphatic carbocycles. The molecule has 15 heavy (non-hydrogen) atoms. The summed E-state index contributed by atoms with van der Waals surface area (Å²) in [6.07, 6.45) is 1.48. The van der Waals surface area contributed by atoms with Crippen molar-refractivity contribution in [3.8, 4) is 0 Å². The van der Waals surface area contributed by atoms with E-state index in [-0.39, 0.29) is 11.5 Å². The van der Waals surface area contributed by atoms with Crippen LogP contribution in [0.5, 0.6) is 0 Å². The Labute approximate surface area is 90.4 Å². The molecule has 0 aliphatic heterocycles. The van der Waals surface area contributed by atoms with Crippen LogP contribution in [0, 0.1) is 13.8 Å². The van der Waals surface area contributed by atoms with Crippen molar-refractivity contribution < 1.29 is 5.11 Å². The molecule has 0 amide bonds. The van der Waals surface area contributed by atoms with Gasteiger partial charge in [0, 0.05) is 30.1 Å². The summed E-state index contributed by atoms with van der Waals surface area (Å²) in [5, 5.41) is 9.15. The van der Waals surface area contributed by atoms with Gasteiger partial charge in [-0.3, -0.25) is 4.79 Å². The molecule has 84 valence electrons. The average molecular weight is 209 g/mol. The molecule has 3 heteroatoms.